The number of tetrazole rings is 1. The van der Waals surface area contributed by atoms with Crippen LogP contribution in [0.5, 0.6) is 0 Å². The number of nitrogens with zero attached hydrogens (tertiary/aromatic N) is 4. The maximum atomic E-state index is 5.88. The van der Waals surface area contributed by atoms with Crippen molar-refractivity contribution in [2.75, 3.05) is 6.54 Å². The molecule has 0 amide bonds. The van der Waals surface area contributed by atoms with E-state index in [4.69, 9.17) is 5.73 Å². The Kier molecular flexibility index (Phi) is 2.18. The molecule has 1 aromatic rings. The number of hydrogen-bond acceptors (Lipinski definition) is 4. The van der Waals surface area contributed by atoms with Crippen LogP contribution in [0.25, 0.3) is 0 Å². The van der Waals surface area contributed by atoms with Gasteiger partial charge in [-0.25, -0.2) is 0 Å². The summed E-state index contributed by atoms with van der Waals surface area (Å²) in [4.78, 5) is 1.67. The average Bonchev–Trinajstić information content (AvgIpc) is 2.59. The number of aromatic nitrogens is 4. The zero-order chi connectivity index (χ0) is 12.2. The van der Waals surface area contributed by atoms with E-state index in [2.05, 4.69) is 50.0 Å². The van der Waals surface area contributed by atoms with Gasteiger partial charge in [0.2, 0.25) is 0 Å². The Morgan fingerprint density at radius 3 is 2.25 bits per heavy atom. The van der Waals surface area contributed by atoms with Crippen molar-refractivity contribution in [1.82, 2.24) is 20.2 Å². The first kappa shape index (κ1) is 11.5. The molecule has 1 unspecified atom stereocenters. The first-order chi connectivity index (χ1) is 7.23. The highest BCUT2D eigenvalue weighted by atomic mass is 15.6. The Bertz CT molecular complexity index is 401. The summed E-state index contributed by atoms with van der Waals surface area (Å²) in [6.07, 6.45) is 1.05. The lowest BCUT2D eigenvalue weighted by Gasteiger charge is -2.17. The quantitative estimate of drug-likeness (QED) is 0.813. The summed E-state index contributed by atoms with van der Waals surface area (Å²) in [7, 11) is 0. The van der Waals surface area contributed by atoms with Crippen LogP contribution in [0.3, 0.4) is 0 Å². The molecular weight excluding hydrogens is 202 g/mol. The van der Waals surface area contributed by atoms with Gasteiger partial charge in [-0.2, -0.15) is 4.80 Å². The minimum atomic E-state index is -0.125. The van der Waals surface area contributed by atoms with Crippen LogP contribution >= 0.6 is 0 Å². The maximum Gasteiger partial charge on any atom is 0.182 e. The van der Waals surface area contributed by atoms with Crippen LogP contribution in [-0.2, 0) is 11.0 Å². The fourth-order valence-electron chi connectivity index (χ4n) is 2.22. The van der Waals surface area contributed by atoms with Crippen LogP contribution in [0.15, 0.2) is 0 Å². The summed E-state index contributed by atoms with van der Waals surface area (Å²) in [6.45, 7) is 11.2. The molecule has 5 nitrogen and oxygen atoms in total. The summed E-state index contributed by atoms with van der Waals surface area (Å²) in [6, 6.07) is 0. The van der Waals surface area contributed by atoms with E-state index in [9.17, 15) is 0 Å². The average molecular weight is 223 g/mol. The molecule has 0 aliphatic heterocycles. The van der Waals surface area contributed by atoms with Gasteiger partial charge in [0.25, 0.3) is 0 Å². The first-order valence-electron chi connectivity index (χ1n) is 5.74. The van der Waals surface area contributed by atoms with E-state index in [1.54, 1.807) is 4.80 Å². The molecule has 0 spiro atoms. The van der Waals surface area contributed by atoms with Gasteiger partial charge in [-0.15, -0.1) is 10.2 Å². The lowest BCUT2D eigenvalue weighted by atomic mass is 9.95. The van der Waals surface area contributed by atoms with Crippen molar-refractivity contribution in [3.63, 3.8) is 0 Å². The lowest BCUT2D eigenvalue weighted by Crippen LogP contribution is -2.28. The zero-order valence-electron chi connectivity index (χ0n) is 10.8. The Morgan fingerprint density at radius 2 is 1.94 bits per heavy atom. The zero-order valence-corrected chi connectivity index (χ0v) is 10.8. The molecular formula is C11H21N5. The van der Waals surface area contributed by atoms with Gasteiger partial charge in [0.15, 0.2) is 5.82 Å². The van der Waals surface area contributed by atoms with Crippen molar-refractivity contribution in [3.05, 3.63) is 5.82 Å². The summed E-state index contributed by atoms with van der Waals surface area (Å²) in [5.74, 6) is 0.801. The minimum Gasteiger partial charge on any atom is -0.329 e. The second-order valence-corrected chi connectivity index (χ2v) is 6.42. The van der Waals surface area contributed by atoms with Gasteiger partial charge in [-0.3, -0.25) is 0 Å². The Labute approximate surface area is 96.4 Å². The normalized spacial score (nSPS) is 28.1. The third-order valence-corrected chi connectivity index (χ3v) is 3.70. The third-order valence-electron chi connectivity index (χ3n) is 3.70. The molecule has 5 heteroatoms. The molecule has 1 aliphatic rings. The Balaban J connectivity index is 2.33. The van der Waals surface area contributed by atoms with Crippen LogP contribution in [0.2, 0.25) is 0 Å². The molecule has 90 valence electrons. The van der Waals surface area contributed by atoms with Gasteiger partial charge < -0.3 is 5.73 Å². The van der Waals surface area contributed by atoms with Gasteiger partial charge in [-0.1, -0.05) is 13.8 Å². The van der Waals surface area contributed by atoms with Crippen molar-refractivity contribution in [2.24, 2.45) is 11.1 Å². The molecule has 16 heavy (non-hydrogen) atoms. The second-order valence-electron chi connectivity index (χ2n) is 6.42. The molecule has 1 atom stereocenters. The van der Waals surface area contributed by atoms with Crippen LogP contribution in [0.1, 0.15) is 46.9 Å². The second kappa shape index (κ2) is 3.03. The van der Waals surface area contributed by atoms with E-state index in [0.717, 1.165) is 12.2 Å². The molecule has 1 aromatic heterocycles. The van der Waals surface area contributed by atoms with Crippen LogP contribution < -0.4 is 5.73 Å². The van der Waals surface area contributed by atoms with Crippen LogP contribution in [-0.4, -0.2) is 26.8 Å². The summed E-state index contributed by atoms with van der Waals surface area (Å²) in [5, 5.41) is 12.8. The number of hydrogen-bond donors (Lipinski definition) is 1. The molecule has 1 saturated carbocycles. The first-order valence-corrected chi connectivity index (χ1v) is 5.74. The highest BCUT2D eigenvalue weighted by molar-refractivity contribution is 5.27. The van der Waals surface area contributed by atoms with Gasteiger partial charge in [0.05, 0.1) is 11.0 Å². The van der Waals surface area contributed by atoms with Gasteiger partial charge in [-0.05, 0) is 37.8 Å². The number of rotatable bonds is 2. The standard InChI is InChI=1S/C11H21N5/c1-9(2,3)16-14-8(13-15-16)11(7-12)6-10(11,4)5/h6-7,12H2,1-5H3. The molecule has 1 heterocycles. The molecule has 0 radical (unpaired) electrons. The molecule has 1 aliphatic carbocycles. The highest BCUT2D eigenvalue weighted by Crippen LogP contribution is 2.62. The predicted octanol–water partition coefficient (Wildman–Crippen LogP) is 1.05. The third kappa shape index (κ3) is 1.45. The maximum absolute atomic E-state index is 5.88. The highest BCUT2D eigenvalue weighted by Gasteiger charge is 2.64. The van der Waals surface area contributed by atoms with Crippen LogP contribution in [0, 0.1) is 5.41 Å². The molecule has 2 N–H and O–H groups in total. The molecule has 0 bridgehead atoms. The summed E-state index contributed by atoms with van der Waals surface area (Å²) < 4.78 is 0. The van der Waals surface area contributed by atoms with Gasteiger partial charge in [0.1, 0.15) is 0 Å². The SMILES string of the molecule is CC(C)(C)n1nnc(C2(CN)CC2(C)C)n1. The van der Waals surface area contributed by atoms with Gasteiger partial charge in [0, 0.05) is 6.54 Å². The lowest BCUT2D eigenvalue weighted by molar-refractivity contribution is 0.303. The van der Waals surface area contributed by atoms with Crippen LogP contribution in [0.4, 0.5) is 0 Å². The van der Waals surface area contributed by atoms with E-state index < -0.39 is 0 Å². The van der Waals surface area contributed by atoms with Gasteiger partial charge >= 0.3 is 0 Å². The van der Waals surface area contributed by atoms with E-state index in [-0.39, 0.29) is 16.4 Å². The Morgan fingerprint density at radius 1 is 1.38 bits per heavy atom. The monoisotopic (exact) mass is 223 g/mol. The van der Waals surface area contributed by atoms with E-state index in [1.807, 2.05) is 0 Å². The molecule has 0 aromatic carbocycles. The molecule has 1 fully saturated rings. The van der Waals surface area contributed by atoms with E-state index >= 15 is 0 Å². The topological polar surface area (TPSA) is 69.6 Å². The largest absolute Gasteiger partial charge is 0.329 e. The van der Waals surface area contributed by atoms with E-state index in [0.29, 0.717) is 6.54 Å². The van der Waals surface area contributed by atoms with Crippen molar-refractivity contribution < 1.29 is 0 Å². The van der Waals surface area contributed by atoms with Crippen molar-refractivity contribution >= 4 is 0 Å². The minimum absolute atomic E-state index is 0.0590. The molecule has 2 rings (SSSR count). The van der Waals surface area contributed by atoms with Crippen molar-refractivity contribution in [2.45, 2.75) is 52.0 Å². The van der Waals surface area contributed by atoms with Crippen molar-refractivity contribution in [1.29, 1.82) is 0 Å². The fraction of sp³-hybridized carbons (Fsp3) is 0.909. The Hall–Kier alpha value is -0.970. The number of nitrogens with two attached hydrogens (primary N) is 1. The smallest absolute Gasteiger partial charge is 0.182 e. The molecule has 0 saturated heterocycles. The van der Waals surface area contributed by atoms with E-state index in [1.165, 1.54) is 0 Å². The summed E-state index contributed by atoms with van der Waals surface area (Å²) >= 11 is 0. The van der Waals surface area contributed by atoms with Crippen molar-refractivity contribution in [3.8, 4) is 0 Å². The predicted molar refractivity (Wildman–Crippen MR) is 61.9 cm³/mol. The summed E-state index contributed by atoms with van der Waals surface area (Å²) in [5.41, 5.74) is 5.90. The fourth-order valence-corrected chi connectivity index (χ4v) is 2.22.